The molecule has 0 saturated carbocycles. The number of aliphatic hydroxyl groups is 3. The van der Waals surface area contributed by atoms with E-state index in [9.17, 15) is 19.2 Å². The van der Waals surface area contributed by atoms with E-state index in [1.807, 2.05) is 0 Å². The van der Waals surface area contributed by atoms with Crippen molar-refractivity contribution in [2.75, 3.05) is 0 Å². The Morgan fingerprint density at radius 1 is 0.684 bits per heavy atom. The minimum Gasteiger partial charge on any atom is -0.479 e. The number of hydrogen-bond acceptors (Lipinski definition) is 8. The third kappa shape index (κ3) is 4.50. The van der Waals surface area contributed by atoms with Gasteiger partial charge in [0, 0.05) is 0 Å². The molecule has 0 aliphatic carbocycles. The van der Waals surface area contributed by atoms with Crippen LogP contribution in [0.15, 0.2) is 0 Å². The van der Waals surface area contributed by atoms with Crippen LogP contribution in [0.25, 0.3) is 0 Å². The number of esters is 1. The molecule has 0 radical (unpaired) electrons. The van der Waals surface area contributed by atoms with E-state index in [-0.39, 0.29) is 0 Å². The number of aliphatic carboxylic acids is 3. The normalized spacial score (nSPS) is 16.8. The van der Waals surface area contributed by atoms with Crippen LogP contribution < -0.4 is 0 Å². The van der Waals surface area contributed by atoms with Crippen LogP contribution in [0.4, 0.5) is 0 Å². The van der Waals surface area contributed by atoms with E-state index >= 15 is 0 Å². The van der Waals surface area contributed by atoms with Gasteiger partial charge in [0.25, 0.3) is 0 Å². The van der Waals surface area contributed by atoms with E-state index in [1.54, 1.807) is 0 Å². The van der Waals surface area contributed by atoms with Gasteiger partial charge in [-0.15, -0.1) is 0 Å². The fraction of sp³-hybridized carbons (Fsp3) is 0.500. The van der Waals surface area contributed by atoms with Crippen LogP contribution in [0, 0.1) is 0 Å². The Balaban J connectivity index is 4.87. The van der Waals surface area contributed by atoms with E-state index in [1.165, 1.54) is 0 Å². The second-order valence-electron chi connectivity index (χ2n) is 3.21. The third-order valence-electron chi connectivity index (χ3n) is 1.82. The average molecular weight is 282 g/mol. The molecule has 0 aliphatic rings. The van der Waals surface area contributed by atoms with E-state index in [4.69, 9.17) is 30.6 Å². The fourth-order valence-electron chi connectivity index (χ4n) is 0.838. The lowest BCUT2D eigenvalue weighted by Gasteiger charge is -2.19. The molecular weight excluding hydrogens is 272 g/mol. The average Bonchev–Trinajstić information content (AvgIpc) is 2.31. The molecule has 4 atom stereocenters. The van der Waals surface area contributed by atoms with Crippen molar-refractivity contribution in [3.63, 3.8) is 0 Å². The quantitative estimate of drug-likeness (QED) is 0.250. The highest BCUT2D eigenvalue weighted by molar-refractivity contribution is 5.88. The molecule has 19 heavy (non-hydrogen) atoms. The molecule has 11 nitrogen and oxygen atoms in total. The molecule has 0 saturated heterocycles. The molecule has 0 heterocycles. The van der Waals surface area contributed by atoms with Crippen molar-refractivity contribution in [3.05, 3.63) is 0 Å². The van der Waals surface area contributed by atoms with Crippen molar-refractivity contribution in [2.24, 2.45) is 0 Å². The first kappa shape index (κ1) is 16.8. The van der Waals surface area contributed by atoms with Crippen LogP contribution in [-0.4, -0.2) is 78.9 Å². The highest BCUT2D eigenvalue weighted by Crippen LogP contribution is 2.06. The molecule has 0 bridgehead atoms. The molecule has 0 aromatic carbocycles. The number of aliphatic hydroxyl groups excluding tert-OH is 3. The second-order valence-corrected chi connectivity index (χ2v) is 3.21. The number of carboxylic acid groups (broad SMARTS) is 3. The van der Waals surface area contributed by atoms with Crippen molar-refractivity contribution >= 4 is 23.9 Å². The van der Waals surface area contributed by atoms with Crippen LogP contribution in [0.3, 0.4) is 0 Å². The number of carboxylic acids is 3. The molecule has 0 aliphatic heterocycles. The summed E-state index contributed by atoms with van der Waals surface area (Å²) in [5.41, 5.74) is 0. The summed E-state index contributed by atoms with van der Waals surface area (Å²) in [6.45, 7) is 0. The molecule has 6 N–H and O–H groups in total. The van der Waals surface area contributed by atoms with E-state index in [0.717, 1.165) is 0 Å². The smallest absolute Gasteiger partial charge is 0.348 e. The molecule has 0 spiro atoms. The number of hydrogen-bond donors (Lipinski definition) is 6. The summed E-state index contributed by atoms with van der Waals surface area (Å²) in [4.78, 5) is 42.2. The lowest BCUT2D eigenvalue weighted by molar-refractivity contribution is -0.188. The van der Waals surface area contributed by atoms with E-state index in [2.05, 4.69) is 4.74 Å². The minimum atomic E-state index is -2.64. The SMILES string of the molecule is O=C(O)[C@@H](O)[C@H](O)C(=O)O[C@H](C(=O)O)[C@H](O)C(=O)O. The largest absolute Gasteiger partial charge is 0.479 e. The zero-order chi connectivity index (χ0) is 15.3. The maximum absolute atomic E-state index is 11.1. The van der Waals surface area contributed by atoms with Gasteiger partial charge in [-0.05, 0) is 0 Å². The van der Waals surface area contributed by atoms with Gasteiger partial charge in [-0.1, -0.05) is 0 Å². The van der Waals surface area contributed by atoms with Gasteiger partial charge in [-0.25, -0.2) is 19.2 Å². The van der Waals surface area contributed by atoms with Crippen molar-refractivity contribution < 1.29 is 54.6 Å². The molecule has 108 valence electrons. The second kappa shape index (κ2) is 6.63. The predicted octanol–water partition coefficient (Wildman–Crippen LogP) is -3.77. The van der Waals surface area contributed by atoms with E-state index in [0.29, 0.717) is 0 Å². The maximum atomic E-state index is 11.1. The van der Waals surface area contributed by atoms with Gasteiger partial charge in [-0.2, -0.15) is 0 Å². The Kier molecular flexibility index (Phi) is 5.85. The molecule has 11 heteroatoms. The topological polar surface area (TPSA) is 199 Å². The zero-order valence-electron chi connectivity index (χ0n) is 9.03. The number of carbonyl (C=O) groups is 4. The van der Waals surface area contributed by atoms with Crippen molar-refractivity contribution in [1.82, 2.24) is 0 Å². The van der Waals surface area contributed by atoms with Gasteiger partial charge < -0.3 is 35.4 Å². The molecule has 0 aromatic rings. The Morgan fingerprint density at radius 3 is 1.42 bits per heavy atom. The lowest BCUT2D eigenvalue weighted by atomic mass is 10.2. The van der Waals surface area contributed by atoms with Crippen LogP contribution in [0.5, 0.6) is 0 Å². The Morgan fingerprint density at radius 2 is 1.11 bits per heavy atom. The highest BCUT2D eigenvalue weighted by atomic mass is 16.6. The summed E-state index contributed by atoms with van der Waals surface area (Å²) in [7, 11) is 0. The van der Waals surface area contributed by atoms with Crippen LogP contribution in [0.2, 0.25) is 0 Å². The standard InChI is InChI=1S/C8H10O11/c9-1(5(12)13)2(10)8(18)19-4(7(16)17)3(11)6(14)15/h1-4,9-11H,(H,12,13)(H,14,15)(H,16,17)/t1-,2-,3-,4-/m0/s1. The van der Waals surface area contributed by atoms with Gasteiger partial charge in [-0.3, -0.25) is 0 Å². The van der Waals surface area contributed by atoms with Crippen molar-refractivity contribution in [1.29, 1.82) is 0 Å². The van der Waals surface area contributed by atoms with Gasteiger partial charge >= 0.3 is 23.9 Å². The summed E-state index contributed by atoms with van der Waals surface area (Å²) < 4.78 is 3.93. The van der Waals surface area contributed by atoms with Gasteiger partial charge in [0.2, 0.25) is 6.10 Å². The van der Waals surface area contributed by atoms with Gasteiger partial charge in [0.15, 0.2) is 18.3 Å². The highest BCUT2D eigenvalue weighted by Gasteiger charge is 2.39. The zero-order valence-corrected chi connectivity index (χ0v) is 9.03. The third-order valence-corrected chi connectivity index (χ3v) is 1.82. The molecule has 0 aromatic heterocycles. The monoisotopic (exact) mass is 282 g/mol. The number of rotatable bonds is 7. The number of ether oxygens (including phenoxy) is 1. The lowest BCUT2D eigenvalue weighted by Crippen LogP contribution is -2.47. The van der Waals surface area contributed by atoms with Crippen LogP contribution in [-0.2, 0) is 23.9 Å². The Hall–Kier alpha value is -2.24. The number of carbonyl (C=O) groups excluding carboxylic acids is 1. The van der Waals surface area contributed by atoms with Crippen molar-refractivity contribution in [2.45, 2.75) is 24.4 Å². The van der Waals surface area contributed by atoms with E-state index < -0.39 is 48.3 Å². The van der Waals surface area contributed by atoms with Gasteiger partial charge in [0.05, 0.1) is 0 Å². The summed E-state index contributed by atoms with van der Waals surface area (Å²) in [6, 6.07) is 0. The van der Waals surface area contributed by atoms with Crippen molar-refractivity contribution in [3.8, 4) is 0 Å². The Bertz CT molecular complexity index is 388. The molecule has 0 rings (SSSR count). The molecule has 0 unspecified atom stereocenters. The summed E-state index contributed by atoms with van der Waals surface area (Å²) in [5, 5.41) is 51.8. The summed E-state index contributed by atoms with van der Waals surface area (Å²) >= 11 is 0. The molecular formula is C8H10O11. The maximum Gasteiger partial charge on any atom is 0.348 e. The summed E-state index contributed by atoms with van der Waals surface area (Å²) in [6.07, 6.45) is -10.4. The molecule has 0 amide bonds. The van der Waals surface area contributed by atoms with Crippen LogP contribution >= 0.6 is 0 Å². The molecule has 0 fully saturated rings. The summed E-state index contributed by atoms with van der Waals surface area (Å²) in [5.74, 6) is -7.97. The fourth-order valence-corrected chi connectivity index (χ4v) is 0.838. The van der Waals surface area contributed by atoms with Crippen LogP contribution in [0.1, 0.15) is 0 Å². The predicted molar refractivity (Wildman–Crippen MR) is 50.8 cm³/mol. The Labute approximate surface area is 104 Å². The first-order valence-corrected chi connectivity index (χ1v) is 4.52. The first-order chi connectivity index (χ1) is 8.59. The minimum absolute atomic E-state index is 1.91. The van der Waals surface area contributed by atoms with Gasteiger partial charge in [0.1, 0.15) is 0 Å². The first-order valence-electron chi connectivity index (χ1n) is 4.52.